The van der Waals surface area contributed by atoms with E-state index >= 15 is 0 Å². The summed E-state index contributed by atoms with van der Waals surface area (Å²) in [6.07, 6.45) is 12.0. The summed E-state index contributed by atoms with van der Waals surface area (Å²) >= 11 is 6.28. The zero-order chi connectivity index (χ0) is 28.2. The molecule has 0 radical (unpaired) electrons. The van der Waals surface area contributed by atoms with Crippen LogP contribution in [0.5, 0.6) is 0 Å². The van der Waals surface area contributed by atoms with Gasteiger partial charge in [-0.15, -0.1) is 0 Å². The molecule has 1 aromatic heterocycles. The van der Waals surface area contributed by atoms with Crippen LogP contribution in [0, 0.1) is 46.2 Å². The SMILES string of the molecule is CNC(=O)C1CCC(CN[C@@H]2[C@@H]3CC4C[C@@](CNc5nc(NCc6ccccc6Cl)ncc5F)(C3)CC23CC43)CC1. The third-order valence-corrected chi connectivity index (χ3v) is 11.8. The number of hydrogen-bond acceptors (Lipinski definition) is 6. The van der Waals surface area contributed by atoms with Crippen LogP contribution in [0.15, 0.2) is 30.5 Å². The van der Waals surface area contributed by atoms with E-state index in [0.717, 1.165) is 56.2 Å². The zero-order valence-corrected chi connectivity index (χ0v) is 24.7. The van der Waals surface area contributed by atoms with E-state index in [2.05, 4.69) is 31.2 Å². The fourth-order valence-electron chi connectivity index (χ4n) is 9.65. The molecule has 4 N–H and O–H groups in total. The number of benzene rings is 1. The largest absolute Gasteiger partial charge is 0.367 e. The summed E-state index contributed by atoms with van der Waals surface area (Å²) in [5.74, 6) is 3.74. The molecule has 1 spiro atoms. The van der Waals surface area contributed by atoms with Crippen LogP contribution in [0.4, 0.5) is 16.2 Å². The van der Waals surface area contributed by atoms with Crippen molar-refractivity contribution < 1.29 is 9.18 Å². The molecule has 1 aromatic carbocycles. The number of anilines is 2. The predicted octanol–water partition coefficient (Wildman–Crippen LogP) is 5.63. The van der Waals surface area contributed by atoms with E-state index in [9.17, 15) is 9.18 Å². The fraction of sp³-hybridized carbons (Fsp3) is 0.656. The van der Waals surface area contributed by atoms with Crippen molar-refractivity contribution in [3.63, 3.8) is 0 Å². The van der Waals surface area contributed by atoms with E-state index in [1.807, 2.05) is 24.3 Å². The number of halogens is 2. The molecule has 0 aliphatic heterocycles. The van der Waals surface area contributed by atoms with Gasteiger partial charge in [-0.05, 0) is 110 Å². The predicted molar refractivity (Wildman–Crippen MR) is 159 cm³/mol. The van der Waals surface area contributed by atoms with Crippen molar-refractivity contribution >= 4 is 29.3 Å². The van der Waals surface area contributed by atoms with Crippen molar-refractivity contribution in [3.8, 4) is 0 Å². The molecule has 1 heterocycles. The van der Waals surface area contributed by atoms with Crippen LogP contribution in [0.25, 0.3) is 0 Å². The molecule has 220 valence electrons. The molecule has 3 unspecified atom stereocenters. The summed E-state index contributed by atoms with van der Waals surface area (Å²) in [5.41, 5.74) is 1.59. The first-order chi connectivity index (χ1) is 19.9. The molecule has 41 heavy (non-hydrogen) atoms. The molecule has 2 aromatic rings. The Hall–Kier alpha value is -2.45. The van der Waals surface area contributed by atoms with Gasteiger partial charge in [-0.1, -0.05) is 29.8 Å². The van der Waals surface area contributed by atoms with E-state index in [0.29, 0.717) is 40.8 Å². The highest BCUT2D eigenvalue weighted by Crippen LogP contribution is 2.78. The molecule has 6 aliphatic carbocycles. The van der Waals surface area contributed by atoms with Gasteiger partial charge in [0.1, 0.15) is 0 Å². The Labute approximate surface area is 247 Å². The second-order valence-electron chi connectivity index (χ2n) is 13.8. The number of hydrogen-bond donors (Lipinski definition) is 4. The molecule has 7 nitrogen and oxygen atoms in total. The zero-order valence-electron chi connectivity index (χ0n) is 23.9. The topological polar surface area (TPSA) is 91.0 Å². The molecular weight excluding hydrogens is 539 g/mol. The van der Waals surface area contributed by atoms with Gasteiger partial charge in [0.15, 0.2) is 11.6 Å². The van der Waals surface area contributed by atoms with Crippen molar-refractivity contribution in [1.29, 1.82) is 0 Å². The van der Waals surface area contributed by atoms with Crippen molar-refractivity contribution in [3.05, 3.63) is 46.9 Å². The van der Waals surface area contributed by atoms with Crippen LogP contribution in [0.1, 0.15) is 63.4 Å². The average Bonchev–Trinajstić information content (AvgIpc) is 3.71. The molecule has 6 atom stereocenters. The summed E-state index contributed by atoms with van der Waals surface area (Å²) in [6.45, 7) is 2.33. The van der Waals surface area contributed by atoms with Crippen LogP contribution in [-0.4, -0.2) is 42.1 Å². The van der Waals surface area contributed by atoms with Gasteiger partial charge in [0.2, 0.25) is 11.9 Å². The fourth-order valence-corrected chi connectivity index (χ4v) is 9.85. The molecule has 8 rings (SSSR count). The number of rotatable bonds is 10. The average molecular weight is 581 g/mol. The number of nitrogens with one attached hydrogen (secondary N) is 4. The second-order valence-corrected chi connectivity index (χ2v) is 14.2. The Kier molecular flexibility index (Phi) is 7.13. The summed E-state index contributed by atoms with van der Waals surface area (Å²) in [4.78, 5) is 20.7. The van der Waals surface area contributed by atoms with Gasteiger partial charge in [0, 0.05) is 37.1 Å². The minimum Gasteiger partial charge on any atom is -0.367 e. The van der Waals surface area contributed by atoms with Crippen LogP contribution >= 0.6 is 11.6 Å². The third kappa shape index (κ3) is 5.09. The monoisotopic (exact) mass is 580 g/mol. The summed E-state index contributed by atoms with van der Waals surface area (Å²) in [6, 6.07) is 8.26. The molecule has 1 amide bonds. The number of amides is 1. The van der Waals surface area contributed by atoms with Gasteiger partial charge in [-0.3, -0.25) is 4.79 Å². The maximum atomic E-state index is 14.8. The van der Waals surface area contributed by atoms with E-state index < -0.39 is 5.82 Å². The molecule has 4 bridgehead atoms. The third-order valence-electron chi connectivity index (χ3n) is 11.4. The highest BCUT2D eigenvalue weighted by Gasteiger charge is 2.74. The number of carbonyl (C=O) groups is 1. The lowest BCUT2D eigenvalue weighted by Crippen LogP contribution is -2.61. The summed E-state index contributed by atoms with van der Waals surface area (Å²) in [7, 11) is 1.75. The normalized spacial score (nSPS) is 36.5. The van der Waals surface area contributed by atoms with Gasteiger partial charge < -0.3 is 21.3 Å². The van der Waals surface area contributed by atoms with Crippen molar-refractivity contribution in [1.82, 2.24) is 20.6 Å². The number of carbonyl (C=O) groups excluding carboxylic acids is 1. The molecule has 6 fully saturated rings. The number of nitrogens with zero attached hydrogens (tertiary/aromatic N) is 2. The highest BCUT2D eigenvalue weighted by molar-refractivity contribution is 6.31. The lowest BCUT2D eigenvalue weighted by atomic mass is 9.47. The summed E-state index contributed by atoms with van der Waals surface area (Å²) in [5, 5.41) is 14.2. The minimum absolute atomic E-state index is 0.199. The lowest BCUT2D eigenvalue weighted by molar-refractivity contribution is -0.125. The highest BCUT2D eigenvalue weighted by atomic mass is 35.5. The van der Waals surface area contributed by atoms with E-state index in [-0.39, 0.29) is 23.1 Å². The summed E-state index contributed by atoms with van der Waals surface area (Å²) < 4.78 is 14.8. The van der Waals surface area contributed by atoms with E-state index in [4.69, 9.17) is 11.6 Å². The first kappa shape index (κ1) is 27.4. The first-order valence-electron chi connectivity index (χ1n) is 15.6. The van der Waals surface area contributed by atoms with Crippen LogP contribution < -0.4 is 21.3 Å². The van der Waals surface area contributed by atoms with Gasteiger partial charge in [-0.25, -0.2) is 9.37 Å². The first-order valence-corrected chi connectivity index (χ1v) is 15.9. The molecule has 6 saturated carbocycles. The molecule has 9 heteroatoms. The minimum atomic E-state index is -0.411. The maximum Gasteiger partial charge on any atom is 0.225 e. The van der Waals surface area contributed by atoms with Crippen LogP contribution in [0.3, 0.4) is 0 Å². The smallest absolute Gasteiger partial charge is 0.225 e. The Morgan fingerprint density at radius 2 is 1.90 bits per heavy atom. The Morgan fingerprint density at radius 1 is 1.10 bits per heavy atom. The Bertz CT molecular complexity index is 1300. The second kappa shape index (κ2) is 10.7. The molecule has 0 saturated heterocycles. The molecule has 6 aliphatic rings. The van der Waals surface area contributed by atoms with Crippen molar-refractivity contribution in [2.24, 2.45) is 40.4 Å². The van der Waals surface area contributed by atoms with Crippen LogP contribution in [0.2, 0.25) is 5.02 Å². The van der Waals surface area contributed by atoms with Crippen molar-refractivity contribution in [2.45, 2.75) is 70.4 Å². The maximum absolute atomic E-state index is 14.8. The van der Waals surface area contributed by atoms with Gasteiger partial charge in [0.05, 0.1) is 6.20 Å². The number of aromatic nitrogens is 2. The van der Waals surface area contributed by atoms with Crippen LogP contribution in [-0.2, 0) is 11.3 Å². The lowest BCUT2D eigenvalue weighted by Gasteiger charge is -2.60. The van der Waals surface area contributed by atoms with Gasteiger partial charge in [-0.2, -0.15) is 4.98 Å². The quantitative estimate of drug-likeness (QED) is 0.291. The van der Waals surface area contributed by atoms with E-state index in [1.54, 1.807) is 7.05 Å². The Balaban J connectivity index is 0.966. The van der Waals surface area contributed by atoms with E-state index in [1.165, 1.54) is 38.3 Å². The van der Waals surface area contributed by atoms with Gasteiger partial charge >= 0.3 is 0 Å². The van der Waals surface area contributed by atoms with Gasteiger partial charge in [0.25, 0.3) is 0 Å². The Morgan fingerprint density at radius 3 is 2.71 bits per heavy atom. The standard InChI is InChI=1S/C32H42ClFN6O/c1-35-29(41)20-8-6-19(7-9-20)14-36-27-23-10-22-11-31(12-23,17-32(27)13-24(22)32)18-39-28-26(34)16-38-30(40-28)37-15-21-4-2-3-5-25(21)33/h2-5,16,19-20,22-24,27,36H,6-15,17-18H2,1H3,(H,35,41)(H2,37,38,39,40)/t19?,20?,22?,23-,24?,27-,31-,32?/m1/s1. The van der Waals surface area contributed by atoms with Crippen molar-refractivity contribution in [2.75, 3.05) is 30.8 Å². The molecular formula is C32H42ClFN6O.